The highest BCUT2D eigenvalue weighted by molar-refractivity contribution is 5.82. The van der Waals surface area contributed by atoms with E-state index in [2.05, 4.69) is 29.6 Å². The van der Waals surface area contributed by atoms with E-state index in [9.17, 15) is 4.79 Å². The van der Waals surface area contributed by atoms with Crippen LogP contribution in [0.25, 0.3) is 0 Å². The van der Waals surface area contributed by atoms with E-state index in [1.165, 1.54) is 11.1 Å². The molecule has 0 fully saturated rings. The quantitative estimate of drug-likeness (QED) is 0.852. The number of aryl methyl sites for hydroxylation is 1. The molecule has 98 valence electrons. The van der Waals surface area contributed by atoms with Crippen molar-refractivity contribution in [3.05, 3.63) is 35.4 Å². The highest BCUT2D eigenvalue weighted by Gasteiger charge is 2.23. The van der Waals surface area contributed by atoms with Crippen LogP contribution in [0.4, 0.5) is 0 Å². The minimum absolute atomic E-state index is 0.0191. The third-order valence-corrected chi connectivity index (χ3v) is 3.71. The van der Waals surface area contributed by atoms with Crippen LogP contribution in [0.5, 0.6) is 0 Å². The molecule has 1 aliphatic rings. The monoisotopic (exact) mass is 246 g/mol. The Labute approximate surface area is 109 Å². The molecule has 18 heavy (non-hydrogen) atoms. The van der Waals surface area contributed by atoms with E-state index in [1.807, 2.05) is 13.8 Å². The molecule has 0 saturated heterocycles. The Kier molecular flexibility index (Phi) is 4.02. The number of nitrogens with one attached hydrogen (secondary N) is 1. The van der Waals surface area contributed by atoms with Gasteiger partial charge in [0.2, 0.25) is 5.91 Å². The van der Waals surface area contributed by atoms with Crippen LogP contribution in [0.1, 0.15) is 31.4 Å². The van der Waals surface area contributed by atoms with Crippen molar-refractivity contribution in [3.63, 3.8) is 0 Å². The van der Waals surface area contributed by atoms with Gasteiger partial charge in [0.25, 0.3) is 0 Å². The van der Waals surface area contributed by atoms with Gasteiger partial charge in [0, 0.05) is 6.04 Å². The Bertz CT molecular complexity index is 428. The molecule has 2 rings (SSSR count). The summed E-state index contributed by atoms with van der Waals surface area (Å²) >= 11 is 0. The Balaban J connectivity index is 1.96. The maximum atomic E-state index is 11.9. The van der Waals surface area contributed by atoms with Crippen molar-refractivity contribution in [1.29, 1.82) is 0 Å². The van der Waals surface area contributed by atoms with Crippen molar-refractivity contribution >= 4 is 5.91 Å². The fourth-order valence-corrected chi connectivity index (χ4v) is 2.42. The summed E-state index contributed by atoms with van der Waals surface area (Å²) in [6.07, 6.45) is 2.97. The molecule has 0 bridgehead atoms. The van der Waals surface area contributed by atoms with Crippen LogP contribution in [0.3, 0.4) is 0 Å². The summed E-state index contributed by atoms with van der Waals surface area (Å²) in [5.41, 5.74) is 8.63. The molecule has 1 aromatic carbocycles. The molecular weight excluding hydrogens is 224 g/mol. The molecule has 3 N–H and O–H groups in total. The number of fused-ring (bicyclic) bond motifs is 1. The van der Waals surface area contributed by atoms with E-state index in [4.69, 9.17) is 5.73 Å². The van der Waals surface area contributed by atoms with Crippen LogP contribution in [-0.2, 0) is 17.6 Å². The molecule has 0 radical (unpaired) electrons. The maximum Gasteiger partial charge on any atom is 0.237 e. The van der Waals surface area contributed by atoms with Gasteiger partial charge in [-0.2, -0.15) is 0 Å². The van der Waals surface area contributed by atoms with Crippen molar-refractivity contribution in [1.82, 2.24) is 5.32 Å². The fraction of sp³-hybridized carbons (Fsp3) is 0.533. The zero-order chi connectivity index (χ0) is 13.1. The molecule has 3 nitrogen and oxygen atoms in total. The number of rotatable bonds is 3. The lowest BCUT2D eigenvalue weighted by Gasteiger charge is -2.27. The van der Waals surface area contributed by atoms with Crippen LogP contribution in [0.2, 0.25) is 0 Å². The lowest BCUT2D eigenvalue weighted by Crippen LogP contribution is -2.49. The molecule has 2 atom stereocenters. The Morgan fingerprint density at radius 3 is 2.67 bits per heavy atom. The first-order valence-corrected chi connectivity index (χ1v) is 6.70. The SMILES string of the molecule is CC(C)C(N)C(=O)NC1CCc2ccccc2C1. The Hall–Kier alpha value is -1.35. The van der Waals surface area contributed by atoms with E-state index < -0.39 is 6.04 Å². The average molecular weight is 246 g/mol. The van der Waals surface area contributed by atoms with Gasteiger partial charge in [0.1, 0.15) is 0 Å². The van der Waals surface area contributed by atoms with Crippen molar-refractivity contribution in [2.24, 2.45) is 11.7 Å². The second-order valence-corrected chi connectivity index (χ2v) is 5.49. The van der Waals surface area contributed by atoms with Crippen LogP contribution in [0.15, 0.2) is 24.3 Å². The van der Waals surface area contributed by atoms with Crippen molar-refractivity contribution in [2.75, 3.05) is 0 Å². The molecule has 2 unspecified atom stereocenters. The number of carbonyl (C=O) groups is 1. The molecule has 3 heteroatoms. The Morgan fingerprint density at radius 1 is 1.33 bits per heavy atom. The lowest BCUT2D eigenvalue weighted by atomic mass is 9.88. The third-order valence-electron chi connectivity index (χ3n) is 3.71. The predicted molar refractivity (Wildman–Crippen MR) is 73.2 cm³/mol. The minimum atomic E-state index is -0.401. The van der Waals surface area contributed by atoms with Crippen molar-refractivity contribution < 1.29 is 4.79 Å². The standard InChI is InChI=1S/C15H22N2O/c1-10(2)14(16)15(18)17-13-8-7-11-5-3-4-6-12(11)9-13/h3-6,10,13-14H,7-9,16H2,1-2H3,(H,17,18). The summed E-state index contributed by atoms with van der Waals surface area (Å²) in [6.45, 7) is 3.95. The molecular formula is C15H22N2O. The minimum Gasteiger partial charge on any atom is -0.352 e. The number of carbonyl (C=O) groups excluding carboxylic acids is 1. The second-order valence-electron chi connectivity index (χ2n) is 5.49. The zero-order valence-corrected chi connectivity index (χ0v) is 11.1. The van der Waals surface area contributed by atoms with Gasteiger partial charge >= 0.3 is 0 Å². The first kappa shape index (κ1) is 13.1. The van der Waals surface area contributed by atoms with Gasteiger partial charge in [-0.25, -0.2) is 0 Å². The molecule has 0 spiro atoms. The van der Waals surface area contributed by atoms with E-state index in [0.29, 0.717) is 0 Å². The van der Waals surface area contributed by atoms with Gasteiger partial charge in [0.05, 0.1) is 6.04 Å². The van der Waals surface area contributed by atoms with Crippen LogP contribution >= 0.6 is 0 Å². The smallest absolute Gasteiger partial charge is 0.237 e. The normalized spacial score (nSPS) is 20.3. The van der Waals surface area contributed by atoms with Crippen LogP contribution < -0.4 is 11.1 Å². The third kappa shape index (κ3) is 2.91. The number of benzene rings is 1. The van der Waals surface area contributed by atoms with Gasteiger partial charge in [-0.3, -0.25) is 4.79 Å². The largest absolute Gasteiger partial charge is 0.352 e. The summed E-state index contributed by atoms with van der Waals surface area (Å²) in [4.78, 5) is 11.9. The van der Waals surface area contributed by atoms with E-state index in [0.717, 1.165) is 19.3 Å². The maximum absolute atomic E-state index is 11.9. The van der Waals surface area contributed by atoms with Crippen LogP contribution in [0, 0.1) is 5.92 Å². The first-order chi connectivity index (χ1) is 8.58. The molecule has 1 aromatic rings. The summed E-state index contributed by atoms with van der Waals surface area (Å²) in [5, 5.41) is 3.08. The van der Waals surface area contributed by atoms with E-state index in [1.54, 1.807) is 0 Å². The van der Waals surface area contributed by atoms with Crippen molar-refractivity contribution in [3.8, 4) is 0 Å². The van der Waals surface area contributed by atoms with E-state index in [-0.39, 0.29) is 17.9 Å². The molecule has 1 amide bonds. The fourth-order valence-electron chi connectivity index (χ4n) is 2.42. The second kappa shape index (κ2) is 5.53. The average Bonchev–Trinajstić information content (AvgIpc) is 2.37. The topological polar surface area (TPSA) is 55.1 Å². The van der Waals surface area contributed by atoms with Gasteiger partial charge < -0.3 is 11.1 Å². The number of hydrogen-bond donors (Lipinski definition) is 2. The number of hydrogen-bond acceptors (Lipinski definition) is 2. The lowest BCUT2D eigenvalue weighted by molar-refractivity contribution is -0.124. The van der Waals surface area contributed by atoms with E-state index >= 15 is 0 Å². The summed E-state index contributed by atoms with van der Waals surface area (Å²) in [6, 6.07) is 8.29. The highest BCUT2D eigenvalue weighted by Crippen LogP contribution is 2.21. The van der Waals surface area contributed by atoms with Crippen molar-refractivity contribution in [2.45, 2.75) is 45.2 Å². The number of amides is 1. The first-order valence-electron chi connectivity index (χ1n) is 6.70. The molecule has 0 heterocycles. The molecule has 1 aliphatic carbocycles. The summed E-state index contributed by atoms with van der Waals surface area (Å²) < 4.78 is 0. The highest BCUT2D eigenvalue weighted by atomic mass is 16.2. The molecule has 0 aromatic heterocycles. The molecule has 0 aliphatic heterocycles. The van der Waals surface area contributed by atoms with Gasteiger partial charge in [-0.1, -0.05) is 38.1 Å². The summed E-state index contributed by atoms with van der Waals surface area (Å²) in [7, 11) is 0. The predicted octanol–water partition coefficient (Wildman–Crippen LogP) is 1.64. The zero-order valence-electron chi connectivity index (χ0n) is 11.1. The Morgan fingerprint density at radius 2 is 2.00 bits per heavy atom. The van der Waals surface area contributed by atoms with Gasteiger partial charge in [-0.15, -0.1) is 0 Å². The summed E-state index contributed by atoms with van der Waals surface area (Å²) in [5.74, 6) is 0.162. The van der Waals surface area contributed by atoms with Crippen LogP contribution in [-0.4, -0.2) is 18.0 Å². The van der Waals surface area contributed by atoms with Gasteiger partial charge in [-0.05, 0) is 36.3 Å². The molecule has 0 saturated carbocycles. The number of nitrogens with two attached hydrogens (primary N) is 1. The van der Waals surface area contributed by atoms with Gasteiger partial charge in [0.15, 0.2) is 0 Å².